The van der Waals surface area contributed by atoms with Crippen molar-refractivity contribution in [2.24, 2.45) is 46.3 Å². The van der Waals surface area contributed by atoms with Crippen LogP contribution in [0.4, 0.5) is 0 Å². The molecule has 5 aliphatic rings. The number of rotatable bonds is 5. The number of fused-ring (bicyclic) bond motifs is 7. The van der Waals surface area contributed by atoms with Crippen molar-refractivity contribution in [2.75, 3.05) is 6.54 Å². The Hall–Kier alpha value is -1.91. The van der Waals surface area contributed by atoms with E-state index in [-0.39, 0.29) is 40.6 Å². The third-order valence-corrected chi connectivity index (χ3v) is 11.2. The first-order chi connectivity index (χ1) is 17.0. The highest BCUT2D eigenvalue weighted by molar-refractivity contribution is 6.01. The van der Waals surface area contributed by atoms with Crippen molar-refractivity contribution in [3.63, 3.8) is 0 Å². The van der Waals surface area contributed by atoms with Gasteiger partial charge < -0.3 is 10.1 Å². The number of nitrogens with one attached hydrogen (secondary N) is 1. The number of carbonyl (C=O) groups excluding carboxylic acids is 3. The fourth-order valence-electron chi connectivity index (χ4n) is 9.58. The van der Waals surface area contributed by atoms with Crippen molar-refractivity contribution in [3.8, 4) is 0 Å². The first kappa shape index (κ1) is 25.7. The zero-order valence-corrected chi connectivity index (χ0v) is 23.1. The van der Waals surface area contributed by atoms with Crippen LogP contribution >= 0.6 is 0 Å². The molecule has 0 unspecified atom stereocenters. The van der Waals surface area contributed by atoms with Crippen molar-refractivity contribution in [1.82, 2.24) is 5.32 Å². The molecule has 0 aliphatic heterocycles. The van der Waals surface area contributed by atoms with Crippen LogP contribution in [0.25, 0.3) is 0 Å². The molecule has 3 saturated carbocycles. The molecule has 0 aromatic carbocycles. The minimum Gasteiger partial charge on any atom is -0.462 e. The van der Waals surface area contributed by atoms with E-state index < -0.39 is 0 Å². The van der Waals surface area contributed by atoms with Gasteiger partial charge in [0.15, 0.2) is 5.78 Å². The maximum absolute atomic E-state index is 13.4. The summed E-state index contributed by atoms with van der Waals surface area (Å²) < 4.78 is 5.61. The minimum atomic E-state index is -0.164. The molecule has 0 radical (unpaired) electrons. The van der Waals surface area contributed by atoms with Crippen LogP contribution in [0, 0.1) is 46.3 Å². The number of esters is 1. The van der Waals surface area contributed by atoms with Gasteiger partial charge >= 0.3 is 5.97 Å². The van der Waals surface area contributed by atoms with E-state index in [9.17, 15) is 14.4 Å². The standard InChI is InChI=1S/C31H45NO4/c1-17(16-32-19(3)33)13-25-24-15-27-23-8-7-21-14-22(36-20(4)34)9-11-30(21,5)26(23)10-12-31(27,6)28(24)18(2)29(25)35/h7,17-18,22-23,26-28H,8-16H2,1-6H3,(H,32,33)/t17-,18+,22+,23+,26-,27+,28+,30+,31+/m1/s1. The largest absolute Gasteiger partial charge is 0.462 e. The smallest absolute Gasteiger partial charge is 0.302 e. The molecule has 0 spiro atoms. The average Bonchev–Trinajstić information content (AvgIpc) is 3.24. The predicted molar refractivity (Wildman–Crippen MR) is 140 cm³/mol. The number of carbonyl (C=O) groups is 3. The molecule has 0 bridgehead atoms. The quantitative estimate of drug-likeness (QED) is 0.387. The lowest BCUT2D eigenvalue weighted by Gasteiger charge is -2.58. The Morgan fingerprint density at radius 1 is 1.14 bits per heavy atom. The highest BCUT2D eigenvalue weighted by atomic mass is 16.5. The molecule has 9 atom stereocenters. The molecule has 0 heterocycles. The van der Waals surface area contributed by atoms with E-state index in [0.717, 1.165) is 44.1 Å². The Balaban J connectivity index is 1.40. The topological polar surface area (TPSA) is 72.5 Å². The molecule has 1 amide bonds. The summed E-state index contributed by atoms with van der Waals surface area (Å²) in [6.07, 6.45) is 11.0. The summed E-state index contributed by atoms with van der Waals surface area (Å²) in [6.45, 7) is 13.0. The average molecular weight is 496 g/mol. The second kappa shape index (κ2) is 9.13. The lowest BCUT2D eigenvalue weighted by atomic mass is 9.47. The first-order valence-corrected chi connectivity index (χ1v) is 14.3. The van der Waals surface area contributed by atoms with Crippen LogP contribution in [-0.2, 0) is 19.1 Å². The highest BCUT2D eigenvalue weighted by Gasteiger charge is 2.63. The van der Waals surface area contributed by atoms with Gasteiger partial charge in [-0.25, -0.2) is 0 Å². The second-order valence-corrected chi connectivity index (χ2v) is 13.4. The monoisotopic (exact) mass is 495 g/mol. The summed E-state index contributed by atoms with van der Waals surface area (Å²) in [5.41, 5.74) is 4.50. The van der Waals surface area contributed by atoms with Crippen molar-refractivity contribution in [3.05, 3.63) is 22.8 Å². The minimum absolute atomic E-state index is 0.00552. The highest BCUT2D eigenvalue weighted by Crippen LogP contribution is 2.70. The number of hydrogen-bond acceptors (Lipinski definition) is 4. The molecule has 3 fully saturated rings. The summed E-state index contributed by atoms with van der Waals surface area (Å²) in [5.74, 6) is 2.91. The Morgan fingerprint density at radius 2 is 1.89 bits per heavy atom. The van der Waals surface area contributed by atoms with Crippen molar-refractivity contribution >= 4 is 17.7 Å². The van der Waals surface area contributed by atoms with Crippen LogP contribution in [0.2, 0.25) is 0 Å². The van der Waals surface area contributed by atoms with E-state index in [2.05, 4.69) is 39.1 Å². The number of amides is 1. The first-order valence-electron chi connectivity index (χ1n) is 14.3. The molecule has 36 heavy (non-hydrogen) atoms. The Kier molecular flexibility index (Phi) is 6.53. The summed E-state index contributed by atoms with van der Waals surface area (Å²) >= 11 is 0. The number of allylic oxidation sites excluding steroid dienone is 3. The van der Waals surface area contributed by atoms with E-state index in [0.29, 0.717) is 36.0 Å². The molecule has 5 heteroatoms. The zero-order valence-electron chi connectivity index (χ0n) is 23.1. The number of ketones is 1. The fourth-order valence-corrected chi connectivity index (χ4v) is 9.58. The van der Waals surface area contributed by atoms with Crippen LogP contribution < -0.4 is 5.32 Å². The van der Waals surface area contributed by atoms with E-state index in [4.69, 9.17) is 4.74 Å². The number of Topliss-reactive ketones (excluding diaryl/α,β-unsaturated/α-hetero) is 1. The zero-order chi connectivity index (χ0) is 26.0. The molecule has 1 N–H and O–H groups in total. The third kappa shape index (κ3) is 4.00. The van der Waals surface area contributed by atoms with Crippen LogP contribution in [0.1, 0.15) is 92.9 Å². The number of hydrogen-bond donors (Lipinski definition) is 1. The van der Waals surface area contributed by atoms with Crippen LogP contribution in [0.5, 0.6) is 0 Å². The molecule has 0 aromatic rings. The van der Waals surface area contributed by atoms with Gasteiger partial charge in [-0.15, -0.1) is 0 Å². The van der Waals surface area contributed by atoms with E-state index in [1.807, 2.05) is 0 Å². The van der Waals surface area contributed by atoms with Crippen molar-refractivity contribution in [2.45, 2.75) is 99.0 Å². The Bertz CT molecular complexity index is 1030. The fraction of sp³-hybridized carbons (Fsp3) is 0.774. The molecule has 5 aliphatic carbocycles. The molecule has 5 nitrogen and oxygen atoms in total. The van der Waals surface area contributed by atoms with E-state index in [1.54, 1.807) is 6.92 Å². The van der Waals surface area contributed by atoms with Gasteiger partial charge in [0.2, 0.25) is 5.91 Å². The summed E-state index contributed by atoms with van der Waals surface area (Å²) in [6, 6.07) is 0. The molecule has 198 valence electrons. The van der Waals surface area contributed by atoms with Crippen molar-refractivity contribution in [1.29, 1.82) is 0 Å². The summed E-state index contributed by atoms with van der Waals surface area (Å²) in [5, 5.41) is 2.94. The molecule has 5 rings (SSSR count). The van der Waals surface area contributed by atoms with Crippen LogP contribution in [0.3, 0.4) is 0 Å². The van der Waals surface area contributed by atoms with E-state index >= 15 is 0 Å². The molecular formula is C31H45NO4. The van der Waals surface area contributed by atoms with Gasteiger partial charge in [-0.05, 0) is 90.9 Å². The summed E-state index contributed by atoms with van der Waals surface area (Å²) in [7, 11) is 0. The normalized spacial score (nSPS) is 42.1. The lowest BCUT2D eigenvalue weighted by molar-refractivity contribution is -0.148. The maximum Gasteiger partial charge on any atom is 0.302 e. The predicted octanol–water partition coefficient (Wildman–Crippen LogP) is 5.78. The lowest BCUT2D eigenvalue weighted by Crippen LogP contribution is -2.51. The third-order valence-electron chi connectivity index (χ3n) is 11.2. The van der Waals surface area contributed by atoms with Gasteiger partial charge in [-0.2, -0.15) is 0 Å². The summed E-state index contributed by atoms with van der Waals surface area (Å²) in [4.78, 5) is 36.4. The molecular weight excluding hydrogens is 450 g/mol. The van der Waals surface area contributed by atoms with Crippen LogP contribution in [0.15, 0.2) is 22.8 Å². The van der Waals surface area contributed by atoms with Crippen LogP contribution in [-0.4, -0.2) is 30.3 Å². The number of ether oxygens (including phenoxy) is 1. The molecule has 0 saturated heterocycles. The maximum atomic E-state index is 13.4. The van der Waals surface area contributed by atoms with Gasteiger partial charge in [0.1, 0.15) is 6.10 Å². The second-order valence-electron chi connectivity index (χ2n) is 13.4. The Morgan fingerprint density at radius 3 is 2.58 bits per heavy atom. The van der Waals surface area contributed by atoms with Gasteiger partial charge in [0.25, 0.3) is 0 Å². The van der Waals surface area contributed by atoms with E-state index in [1.165, 1.54) is 30.9 Å². The SMILES string of the molecule is CC(=O)NC[C@H](C)CC1=C2C[C@H]3[C@H]4CC=C5C[C@@H](OC(C)=O)CC[C@]5(C)[C@@H]4CC[C@]3(C)[C@H]2[C@H](C)C1=O. The van der Waals surface area contributed by atoms with Gasteiger partial charge in [-0.1, -0.05) is 44.9 Å². The van der Waals surface area contributed by atoms with Crippen molar-refractivity contribution < 1.29 is 19.1 Å². The van der Waals surface area contributed by atoms with Gasteiger partial charge in [0, 0.05) is 32.7 Å². The van der Waals surface area contributed by atoms with Gasteiger partial charge in [0.05, 0.1) is 0 Å². The molecule has 0 aromatic heterocycles. The van der Waals surface area contributed by atoms with Gasteiger partial charge in [-0.3, -0.25) is 14.4 Å². The Labute approximate surface area is 216 Å².